The maximum Gasteiger partial charge on any atom is 0.213 e. The van der Waals surface area contributed by atoms with Gasteiger partial charge in [-0.2, -0.15) is 0 Å². The minimum Gasteiger partial charge on any atom is -0.376 e. The van der Waals surface area contributed by atoms with Crippen LogP contribution in [0, 0.1) is 5.82 Å². The summed E-state index contributed by atoms with van der Waals surface area (Å²) in [7, 11) is 4.12. The number of ketones is 1. The molecule has 0 saturated heterocycles. The average molecular weight is 470 g/mol. The Kier molecular flexibility index (Phi) is 5.20. The van der Waals surface area contributed by atoms with E-state index in [1.165, 1.54) is 41.2 Å². The number of rotatable bonds is 5. The molecule has 1 aromatic carbocycles. The van der Waals surface area contributed by atoms with Crippen LogP contribution >= 0.6 is 0 Å². The van der Waals surface area contributed by atoms with Gasteiger partial charge in [-0.05, 0) is 61.0 Å². The Hall–Kier alpha value is -3.88. The van der Waals surface area contributed by atoms with E-state index in [4.69, 9.17) is 4.74 Å². The van der Waals surface area contributed by atoms with Gasteiger partial charge in [-0.3, -0.25) is 9.20 Å². The topological polar surface area (TPSA) is 75.5 Å². The zero-order valence-electron chi connectivity index (χ0n) is 19.5. The number of H-pyrrole nitrogens is 1. The number of aromatic amines is 1. The van der Waals surface area contributed by atoms with E-state index < -0.39 is 5.82 Å². The number of aromatic nitrogens is 4. The maximum absolute atomic E-state index is 13.6. The van der Waals surface area contributed by atoms with Crippen molar-refractivity contribution in [1.29, 1.82) is 0 Å². The minimum absolute atomic E-state index is 0.204. The standard InChI is InChI=1S/C27H24FN5O2/c1-32(2)14-19-8-17(7-16-4-6-35-15-23(16)19)18-9-21-22(12-31-27(21)30-11-18)26(34)24-13-29-25-10-20(28)3-5-33(24)25/h3,5,7-13H,4,6,14-15H2,1-2H3,(H,30,31). The monoisotopic (exact) mass is 469 g/mol. The molecule has 1 aliphatic heterocycles. The lowest BCUT2D eigenvalue weighted by molar-refractivity contribution is 0.103. The molecule has 6 rings (SSSR count). The number of ether oxygens (including phenoxy) is 1. The number of hydrogen-bond donors (Lipinski definition) is 1. The Morgan fingerprint density at radius 1 is 1.17 bits per heavy atom. The molecule has 0 aliphatic carbocycles. The molecule has 1 N–H and O–H groups in total. The predicted molar refractivity (Wildman–Crippen MR) is 131 cm³/mol. The zero-order valence-corrected chi connectivity index (χ0v) is 19.5. The van der Waals surface area contributed by atoms with Gasteiger partial charge in [-0.25, -0.2) is 14.4 Å². The summed E-state index contributed by atoms with van der Waals surface area (Å²) in [6.45, 7) is 2.17. The lowest BCUT2D eigenvalue weighted by atomic mass is 9.92. The Labute approximate surface area is 201 Å². The minimum atomic E-state index is -0.395. The van der Waals surface area contributed by atoms with Crippen LogP contribution in [0.4, 0.5) is 4.39 Å². The molecule has 0 amide bonds. The van der Waals surface area contributed by atoms with Crippen LogP contribution in [-0.2, 0) is 24.3 Å². The molecule has 1 aliphatic rings. The Morgan fingerprint density at radius 2 is 2.06 bits per heavy atom. The first-order chi connectivity index (χ1) is 17.0. The third-order valence-electron chi connectivity index (χ3n) is 6.50. The molecule has 5 heterocycles. The molecule has 0 unspecified atom stereocenters. The van der Waals surface area contributed by atoms with Crippen molar-refractivity contribution in [2.75, 3.05) is 20.7 Å². The Bertz CT molecular complexity index is 1600. The van der Waals surface area contributed by atoms with Crippen LogP contribution in [0.5, 0.6) is 0 Å². The van der Waals surface area contributed by atoms with Gasteiger partial charge in [0, 0.05) is 42.2 Å². The Morgan fingerprint density at radius 3 is 2.91 bits per heavy atom. The van der Waals surface area contributed by atoms with Crippen molar-refractivity contribution in [3.63, 3.8) is 0 Å². The predicted octanol–water partition coefficient (Wildman–Crippen LogP) is 4.38. The fourth-order valence-corrected chi connectivity index (χ4v) is 4.82. The molecular weight excluding hydrogens is 445 g/mol. The SMILES string of the molecule is CN(C)Cc1cc(-c2cnc3[nH]cc(C(=O)c4cnc5cc(F)ccn45)c3c2)cc2c1COCC2. The van der Waals surface area contributed by atoms with Crippen LogP contribution in [0.1, 0.15) is 32.7 Å². The molecule has 176 valence electrons. The number of nitrogens with zero attached hydrogens (tertiary/aromatic N) is 4. The quantitative estimate of drug-likeness (QED) is 0.387. The molecule has 35 heavy (non-hydrogen) atoms. The second-order valence-corrected chi connectivity index (χ2v) is 9.18. The number of pyridine rings is 2. The third kappa shape index (κ3) is 3.80. The molecule has 0 spiro atoms. The average Bonchev–Trinajstić information content (AvgIpc) is 3.46. The summed E-state index contributed by atoms with van der Waals surface area (Å²) in [5.41, 5.74) is 7.72. The first kappa shape index (κ1) is 21.6. The van der Waals surface area contributed by atoms with E-state index in [-0.39, 0.29) is 5.78 Å². The van der Waals surface area contributed by atoms with Gasteiger partial charge in [0.1, 0.15) is 22.8 Å². The fourth-order valence-electron chi connectivity index (χ4n) is 4.82. The summed E-state index contributed by atoms with van der Waals surface area (Å²) in [5.74, 6) is -0.599. The summed E-state index contributed by atoms with van der Waals surface area (Å²) in [5, 5.41) is 0.736. The van der Waals surface area contributed by atoms with Gasteiger partial charge < -0.3 is 14.6 Å². The van der Waals surface area contributed by atoms with E-state index in [0.29, 0.717) is 29.2 Å². The van der Waals surface area contributed by atoms with Gasteiger partial charge in [0.2, 0.25) is 5.78 Å². The van der Waals surface area contributed by atoms with Crippen molar-refractivity contribution < 1.29 is 13.9 Å². The van der Waals surface area contributed by atoms with Gasteiger partial charge in [0.15, 0.2) is 0 Å². The zero-order chi connectivity index (χ0) is 24.1. The highest BCUT2D eigenvalue weighted by molar-refractivity contribution is 6.15. The van der Waals surface area contributed by atoms with Crippen LogP contribution < -0.4 is 0 Å². The number of benzene rings is 1. The first-order valence-corrected chi connectivity index (χ1v) is 11.5. The molecular formula is C27H24FN5O2. The summed E-state index contributed by atoms with van der Waals surface area (Å²) in [6, 6.07) is 9.04. The van der Waals surface area contributed by atoms with Gasteiger partial charge in [-0.1, -0.05) is 6.07 Å². The lowest BCUT2D eigenvalue weighted by Gasteiger charge is -2.23. The molecule has 0 atom stereocenters. The summed E-state index contributed by atoms with van der Waals surface area (Å²) < 4.78 is 20.9. The van der Waals surface area contributed by atoms with E-state index in [1.54, 1.807) is 10.6 Å². The highest BCUT2D eigenvalue weighted by Crippen LogP contribution is 2.31. The van der Waals surface area contributed by atoms with E-state index in [9.17, 15) is 9.18 Å². The lowest BCUT2D eigenvalue weighted by Crippen LogP contribution is -2.17. The third-order valence-corrected chi connectivity index (χ3v) is 6.50. The van der Waals surface area contributed by atoms with E-state index in [1.807, 2.05) is 12.3 Å². The van der Waals surface area contributed by atoms with Gasteiger partial charge in [0.05, 0.1) is 25.0 Å². The van der Waals surface area contributed by atoms with Crippen molar-refractivity contribution in [2.24, 2.45) is 0 Å². The fraction of sp³-hybridized carbons (Fsp3) is 0.222. The first-order valence-electron chi connectivity index (χ1n) is 11.5. The van der Waals surface area contributed by atoms with Crippen molar-refractivity contribution in [2.45, 2.75) is 19.6 Å². The van der Waals surface area contributed by atoms with E-state index >= 15 is 0 Å². The van der Waals surface area contributed by atoms with Crippen molar-refractivity contribution in [3.8, 4) is 11.1 Å². The second-order valence-electron chi connectivity index (χ2n) is 9.18. The molecule has 0 saturated carbocycles. The molecule has 0 bridgehead atoms. The van der Waals surface area contributed by atoms with Crippen LogP contribution in [0.25, 0.3) is 27.8 Å². The number of carbonyl (C=O) groups excluding carboxylic acids is 1. The second kappa shape index (κ2) is 8.41. The smallest absolute Gasteiger partial charge is 0.213 e. The van der Waals surface area contributed by atoms with Gasteiger partial charge in [-0.15, -0.1) is 0 Å². The van der Waals surface area contributed by atoms with Crippen LogP contribution in [0.15, 0.2) is 55.1 Å². The molecule has 0 fully saturated rings. The number of hydrogen-bond acceptors (Lipinski definition) is 5. The van der Waals surface area contributed by atoms with Gasteiger partial charge in [0.25, 0.3) is 0 Å². The summed E-state index contributed by atoms with van der Waals surface area (Å²) in [4.78, 5) is 27.5. The largest absolute Gasteiger partial charge is 0.376 e. The molecule has 0 radical (unpaired) electrons. The van der Waals surface area contributed by atoms with Crippen LogP contribution in [0.3, 0.4) is 0 Å². The van der Waals surface area contributed by atoms with Crippen molar-refractivity contribution in [3.05, 3.63) is 88.9 Å². The van der Waals surface area contributed by atoms with Crippen molar-refractivity contribution in [1.82, 2.24) is 24.3 Å². The Balaban J connectivity index is 1.44. The van der Waals surface area contributed by atoms with Crippen LogP contribution in [-0.4, -0.2) is 50.7 Å². The number of carbonyl (C=O) groups is 1. The van der Waals surface area contributed by atoms with Crippen molar-refractivity contribution >= 4 is 22.5 Å². The number of fused-ring (bicyclic) bond motifs is 3. The normalized spacial score (nSPS) is 13.6. The molecule has 7 nitrogen and oxygen atoms in total. The van der Waals surface area contributed by atoms with Crippen LogP contribution in [0.2, 0.25) is 0 Å². The summed E-state index contributed by atoms with van der Waals surface area (Å²) >= 11 is 0. The maximum atomic E-state index is 13.6. The molecule has 4 aromatic heterocycles. The number of imidazole rings is 1. The van der Waals surface area contributed by atoms with E-state index in [0.717, 1.165) is 36.1 Å². The van der Waals surface area contributed by atoms with E-state index in [2.05, 4.69) is 46.1 Å². The number of nitrogens with one attached hydrogen (secondary N) is 1. The highest BCUT2D eigenvalue weighted by Gasteiger charge is 2.21. The number of halogens is 1. The van der Waals surface area contributed by atoms with Gasteiger partial charge >= 0.3 is 0 Å². The highest BCUT2D eigenvalue weighted by atomic mass is 19.1. The molecule has 5 aromatic rings. The molecule has 8 heteroatoms. The summed E-state index contributed by atoms with van der Waals surface area (Å²) in [6.07, 6.45) is 7.39.